The minimum atomic E-state index is -0.412. The molecule has 7 nitrogen and oxygen atoms in total. The molecular formula is C20H23N3O4. The molecule has 1 amide bonds. The van der Waals surface area contributed by atoms with Crippen molar-refractivity contribution < 1.29 is 14.5 Å². The number of carbonyl (C=O) groups is 1. The molecule has 0 aromatic heterocycles. The van der Waals surface area contributed by atoms with Gasteiger partial charge in [0, 0.05) is 30.4 Å². The summed E-state index contributed by atoms with van der Waals surface area (Å²) in [6.45, 7) is 1.61. The second-order valence-corrected chi connectivity index (χ2v) is 6.54. The largest absolute Gasteiger partial charge is 0.497 e. The van der Waals surface area contributed by atoms with E-state index in [9.17, 15) is 14.9 Å². The Bertz CT molecular complexity index is 812. The molecule has 0 atom stereocenters. The molecule has 27 heavy (non-hydrogen) atoms. The lowest BCUT2D eigenvalue weighted by atomic mass is 10.1. The molecule has 0 aliphatic carbocycles. The van der Waals surface area contributed by atoms with Gasteiger partial charge < -0.3 is 15.0 Å². The molecule has 0 saturated carbocycles. The molecule has 3 rings (SSSR count). The molecule has 0 radical (unpaired) electrons. The first-order chi connectivity index (χ1) is 13.1. The van der Waals surface area contributed by atoms with Crippen molar-refractivity contribution in [1.29, 1.82) is 0 Å². The zero-order valence-electron chi connectivity index (χ0n) is 15.3. The third-order valence-corrected chi connectivity index (χ3v) is 4.73. The topological polar surface area (TPSA) is 84.7 Å². The van der Waals surface area contributed by atoms with Crippen LogP contribution in [0.4, 0.5) is 17.1 Å². The Morgan fingerprint density at radius 2 is 1.74 bits per heavy atom. The number of nitro benzene ring substituents is 1. The molecule has 0 unspecified atom stereocenters. The molecule has 7 heteroatoms. The molecule has 2 aromatic rings. The van der Waals surface area contributed by atoms with Gasteiger partial charge in [-0.15, -0.1) is 0 Å². The number of methoxy groups -OCH3 is 1. The highest BCUT2D eigenvalue weighted by Crippen LogP contribution is 2.31. The van der Waals surface area contributed by atoms with Crippen molar-refractivity contribution in [2.75, 3.05) is 30.4 Å². The number of hydrogen-bond acceptors (Lipinski definition) is 5. The highest BCUT2D eigenvalue weighted by Gasteiger charge is 2.22. The van der Waals surface area contributed by atoms with Crippen molar-refractivity contribution in [1.82, 2.24) is 0 Å². The number of anilines is 2. The SMILES string of the molecule is COc1ccc(NC(=O)c2ccc(N3CCCCCC3)c([N+](=O)[O-])c2)cc1. The summed E-state index contributed by atoms with van der Waals surface area (Å²) < 4.78 is 5.09. The second-order valence-electron chi connectivity index (χ2n) is 6.54. The first kappa shape index (κ1) is 18.7. The van der Waals surface area contributed by atoms with Crippen LogP contribution in [0.5, 0.6) is 5.75 Å². The summed E-state index contributed by atoms with van der Waals surface area (Å²) in [5.41, 5.74) is 1.42. The zero-order chi connectivity index (χ0) is 19.2. The van der Waals surface area contributed by atoms with Crippen molar-refractivity contribution in [3.8, 4) is 5.75 Å². The molecule has 0 bridgehead atoms. The van der Waals surface area contributed by atoms with Crippen LogP contribution in [-0.2, 0) is 0 Å². The fraction of sp³-hybridized carbons (Fsp3) is 0.350. The van der Waals surface area contributed by atoms with Gasteiger partial charge in [0.25, 0.3) is 11.6 Å². The van der Waals surface area contributed by atoms with Crippen LogP contribution < -0.4 is 15.0 Å². The quantitative estimate of drug-likeness (QED) is 0.629. The lowest BCUT2D eigenvalue weighted by molar-refractivity contribution is -0.384. The fourth-order valence-corrected chi connectivity index (χ4v) is 3.27. The number of hydrogen-bond donors (Lipinski definition) is 1. The van der Waals surface area contributed by atoms with Crippen LogP contribution >= 0.6 is 0 Å². The van der Waals surface area contributed by atoms with E-state index in [0.717, 1.165) is 38.8 Å². The second kappa shape index (κ2) is 8.53. The van der Waals surface area contributed by atoms with Crippen molar-refractivity contribution >= 4 is 23.0 Å². The molecule has 1 saturated heterocycles. The Hall–Kier alpha value is -3.09. The van der Waals surface area contributed by atoms with Crippen molar-refractivity contribution in [3.05, 3.63) is 58.1 Å². The van der Waals surface area contributed by atoms with Crippen LogP contribution in [0.1, 0.15) is 36.0 Å². The Morgan fingerprint density at radius 1 is 1.07 bits per heavy atom. The average molecular weight is 369 g/mol. The maximum absolute atomic E-state index is 12.5. The van der Waals surface area contributed by atoms with E-state index in [1.165, 1.54) is 6.07 Å². The molecule has 1 N–H and O–H groups in total. The van der Waals surface area contributed by atoms with Gasteiger partial charge >= 0.3 is 0 Å². The van der Waals surface area contributed by atoms with E-state index >= 15 is 0 Å². The Morgan fingerprint density at radius 3 is 2.33 bits per heavy atom. The van der Waals surface area contributed by atoms with E-state index in [1.54, 1.807) is 43.5 Å². The van der Waals surface area contributed by atoms with Crippen LogP contribution in [0, 0.1) is 10.1 Å². The summed E-state index contributed by atoms with van der Waals surface area (Å²) >= 11 is 0. The van der Waals surface area contributed by atoms with Gasteiger partial charge in [-0.2, -0.15) is 0 Å². The number of nitrogens with one attached hydrogen (secondary N) is 1. The summed E-state index contributed by atoms with van der Waals surface area (Å²) in [6.07, 6.45) is 4.34. The zero-order valence-corrected chi connectivity index (χ0v) is 15.3. The summed E-state index contributed by atoms with van der Waals surface area (Å²) in [7, 11) is 1.57. The van der Waals surface area contributed by atoms with E-state index in [2.05, 4.69) is 10.2 Å². The van der Waals surface area contributed by atoms with Gasteiger partial charge in [-0.3, -0.25) is 14.9 Å². The average Bonchev–Trinajstić information content (AvgIpc) is 2.97. The number of nitrogens with zero attached hydrogens (tertiary/aromatic N) is 2. The number of carbonyl (C=O) groups excluding carboxylic acids is 1. The third-order valence-electron chi connectivity index (χ3n) is 4.73. The number of ether oxygens (including phenoxy) is 1. The summed E-state index contributed by atoms with van der Waals surface area (Å²) in [5.74, 6) is 0.302. The number of nitro groups is 1. The lowest BCUT2D eigenvalue weighted by Crippen LogP contribution is -2.25. The van der Waals surface area contributed by atoms with Gasteiger partial charge in [0.15, 0.2) is 0 Å². The first-order valence-electron chi connectivity index (χ1n) is 9.07. The van der Waals surface area contributed by atoms with Gasteiger partial charge in [-0.05, 0) is 49.2 Å². The van der Waals surface area contributed by atoms with Gasteiger partial charge in [-0.1, -0.05) is 12.8 Å². The minimum absolute atomic E-state index is 0.0284. The van der Waals surface area contributed by atoms with Crippen molar-refractivity contribution in [2.24, 2.45) is 0 Å². The standard InChI is InChI=1S/C20H23N3O4/c1-27-17-9-7-16(8-10-17)21-20(24)15-6-11-18(19(14-15)23(25)26)22-12-4-2-3-5-13-22/h6-11,14H,2-5,12-13H2,1H3,(H,21,24). The summed E-state index contributed by atoms with van der Waals surface area (Å²) in [4.78, 5) is 25.7. The monoisotopic (exact) mass is 369 g/mol. The Labute approximate surface area is 158 Å². The van der Waals surface area contributed by atoms with Crippen molar-refractivity contribution in [2.45, 2.75) is 25.7 Å². The molecule has 1 heterocycles. The van der Waals surface area contributed by atoms with Gasteiger partial charge in [0.2, 0.25) is 0 Å². The Kier molecular flexibility index (Phi) is 5.90. The van der Waals surface area contributed by atoms with Gasteiger partial charge in [0.1, 0.15) is 11.4 Å². The first-order valence-corrected chi connectivity index (χ1v) is 9.07. The highest BCUT2D eigenvalue weighted by atomic mass is 16.6. The van der Waals surface area contributed by atoms with Crippen LogP contribution in [0.2, 0.25) is 0 Å². The number of rotatable bonds is 5. The predicted octanol–water partition coefficient (Wildman–Crippen LogP) is 4.24. The van der Waals surface area contributed by atoms with Crippen molar-refractivity contribution in [3.63, 3.8) is 0 Å². The number of benzene rings is 2. The lowest BCUT2D eigenvalue weighted by Gasteiger charge is -2.22. The summed E-state index contributed by atoms with van der Waals surface area (Å²) in [5, 5.41) is 14.3. The van der Waals surface area contributed by atoms with E-state index in [-0.39, 0.29) is 17.2 Å². The van der Waals surface area contributed by atoms with Gasteiger partial charge in [0.05, 0.1) is 12.0 Å². The molecule has 2 aromatic carbocycles. The predicted molar refractivity (Wildman–Crippen MR) is 105 cm³/mol. The molecule has 1 aliphatic heterocycles. The molecule has 0 spiro atoms. The molecule has 1 aliphatic rings. The van der Waals surface area contributed by atoms with Crippen LogP contribution in [0.25, 0.3) is 0 Å². The van der Waals surface area contributed by atoms with Gasteiger partial charge in [-0.25, -0.2) is 0 Å². The normalized spacial score (nSPS) is 14.3. The molecular weight excluding hydrogens is 346 g/mol. The molecule has 142 valence electrons. The summed E-state index contributed by atoms with van der Waals surface area (Å²) in [6, 6.07) is 11.6. The van der Waals surface area contributed by atoms with E-state index in [4.69, 9.17) is 4.74 Å². The fourth-order valence-electron chi connectivity index (χ4n) is 3.27. The van der Waals surface area contributed by atoms with E-state index in [1.807, 2.05) is 0 Å². The van der Waals surface area contributed by atoms with E-state index < -0.39 is 4.92 Å². The Balaban J connectivity index is 1.81. The maximum atomic E-state index is 12.5. The highest BCUT2D eigenvalue weighted by molar-refractivity contribution is 6.05. The van der Waals surface area contributed by atoms with Crippen LogP contribution in [0.15, 0.2) is 42.5 Å². The maximum Gasteiger partial charge on any atom is 0.293 e. The molecule has 1 fully saturated rings. The smallest absolute Gasteiger partial charge is 0.293 e. The third kappa shape index (κ3) is 4.55. The number of amides is 1. The minimum Gasteiger partial charge on any atom is -0.497 e. The van der Waals surface area contributed by atoms with Crippen LogP contribution in [-0.4, -0.2) is 31.0 Å². The van der Waals surface area contributed by atoms with Crippen LogP contribution in [0.3, 0.4) is 0 Å². The van der Waals surface area contributed by atoms with E-state index in [0.29, 0.717) is 17.1 Å².